The highest BCUT2D eigenvalue weighted by Crippen LogP contribution is 2.30. The second-order valence-electron chi connectivity index (χ2n) is 9.18. The maximum absolute atomic E-state index is 13.4. The second kappa shape index (κ2) is 10.8. The zero-order valence-electron chi connectivity index (χ0n) is 19.0. The smallest absolute Gasteiger partial charge is 0.230 e. The number of amides is 2. The van der Waals surface area contributed by atoms with E-state index in [2.05, 4.69) is 36.5 Å². The molecular formula is C27H34N2O3. The van der Waals surface area contributed by atoms with Gasteiger partial charge in [0.25, 0.3) is 0 Å². The summed E-state index contributed by atoms with van der Waals surface area (Å²) in [5, 5.41) is 2.99. The van der Waals surface area contributed by atoms with Crippen molar-refractivity contribution in [1.29, 1.82) is 0 Å². The number of rotatable bonds is 8. The van der Waals surface area contributed by atoms with Gasteiger partial charge in [0.05, 0.1) is 19.1 Å². The van der Waals surface area contributed by atoms with Crippen molar-refractivity contribution in [1.82, 2.24) is 5.32 Å². The van der Waals surface area contributed by atoms with E-state index in [0.29, 0.717) is 19.5 Å². The van der Waals surface area contributed by atoms with Gasteiger partial charge >= 0.3 is 0 Å². The molecule has 1 saturated carbocycles. The molecule has 0 spiro atoms. The van der Waals surface area contributed by atoms with Crippen LogP contribution >= 0.6 is 0 Å². The van der Waals surface area contributed by atoms with Gasteiger partial charge in [-0.15, -0.1) is 0 Å². The molecule has 5 heteroatoms. The minimum Gasteiger partial charge on any atom is -0.376 e. The molecule has 170 valence electrons. The summed E-state index contributed by atoms with van der Waals surface area (Å²) in [5.41, 5.74) is 4.10. The van der Waals surface area contributed by atoms with E-state index in [1.54, 1.807) is 0 Å². The topological polar surface area (TPSA) is 58.6 Å². The molecule has 1 aliphatic heterocycles. The number of nitrogens with zero attached hydrogens (tertiary/aromatic N) is 1. The third kappa shape index (κ3) is 5.98. The molecule has 2 aromatic rings. The Morgan fingerprint density at radius 3 is 2.50 bits per heavy atom. The van der Waals surface area contributed by atoms with E-state index >= 15 is 0 Å². The van der Waals surface area contributed by atoms with Crippen LogP contribution < -0.4 is 10.2 Å². The fraction of sp³-hybridized carbons (Fsp3) is 0.481. The van der Waals surface area contributed by atoms with Gasteiger partial charge in [-0.2, -0.15) is 0 Å². The Morgan fingerprint density at radius 2 is 1.78 bits per heavy atom. The molecule has 1 heterocycles. The summed E-state index contributed by atoms with van der Waals surface area (Å²) in [6.45, 7) is 3.97. The van der Waals surface area contributed by atoms with Crippen LogP contribution in [0.1, 0.15) is 55.2 Å². The third-order valence-electron chi connectivity index (χ3n) is 6.57. The van der Waals surface area contributed by atoms with Crippen LogP contribution in [0.4, 0.5) is 5.69 Å². The standard InChI is InChI=1S/C27H34N2O3/c1-20-11-13-21(14-12-20)19-29(27(31)23-7-2-3-8-23)24-9-4-6-22(16-24)17-26(30)28-18-25-10-5-15-32-25/h4,6,9,11-14,16,23,25H,2-3,5,7-8,10,15,17-19H2,1H3,(H,28,30). The summed E-state index contributed by atoms with van der Waals surface area (Å²) in [6.07, 6.45) is 6.69. The first-order valence-corrected chi connectivity index (χ1v) is 11.9. The number of nitrogens with one attached hydrogen (secondary N) is 1. The molecule has 2 aromatic carbocycles. The Morgan fingerprint density at radius 1 is 1.00 bits per heavy atom. The van der Waals surface area contributed by atoms with Crippen LogP contribution in [-0.2, 0) is 27.3 Å². The number of carbonyl (C=O) groups is 2. The molecule has 2 aliphatic rings. The maximum Gasteiger partial charge on any atom is 0.230 e. The van der Waals surface area contributed by atoms with E-state index in [-0.39, 0.29) is 23.8 Å². The molecule has 0 aromatic heterocycles. The van der Waals surface area contributed by atoms with Gasteiger partial charge in [-0.3, -0.25) is 9.59 Å². The van der Waals surface area contributed by atoms with Gasteiger partial charge in [-0.05, 0) is 55.9 Å². The van der Waals surface area contributed by atoms with Crippen molar-refractivity contribution < 1.29 is 14.3 Å². The third-order valence-corrected chi connectivity index (χ3v) is 6.57. The van der Waals surface area contributed by atoms with Gasteiger partial charge in [0.2, 0.25) is 11.8 Å². The van der Waals surface area contributed by atoms with Gasteiger partial charge in [-0.1, -0.05) is 54.8 Å². The molecule has 1 N–H and O–H groups in total. The van der Waals surface area contributed by atoms with Crippen LogP contribution in [0.5, 0.6) is 0 Å². The number of hydrogen-bond acceptors (Lipinski definition) is 3. The van der Waals surface area contributed by atoms with Crippen molar-refractivity contribution in [2.75, 3.05) is 18.1 Å². The first-order valence-electron chi connectivity index (χ1n) is 11.9. The quantitative estimate of drug-likeness (QED) is 0.663. The molecule has 5 nitrogen and oxygen atoms in total. The van der Waals surface area contributed by atoms with Crippen LogP contribution in [0.3, 0.4) is 0 Å². The lowest BCUT2D eigenvalue weighted by Gasteiger charge is -2.26. The average molecular weight is 435 g/mol. The lowest BCUT2D eigenvalue weighted by molar-refractivity contribution is -0.122. The highest BCUT2D eigenvalue weighted by molar-refractivity contribution is 5.95. The summed E-state index contributed by atoms with van der Waals surface area (Å²) >= 11 is 0. The summed E-state index contributed by atoms with van der Waals surface area (Å²) in [7, 11) is 0. The van der Waals surface area contributed by atoms with Gasteiger partial charge in [0, 0.05) is 24.8 Å². The number of carbonyl (C=O) groups excluding carboxylic acids is 2. The zero-order chi connectivity index (χ0) is 22.3. The fourth-order valence-corrected chi connectivity index (χ4v) is 4.68. The van der Waals surface area contributed by atoms with Crippen molar-refractivity contribution in [2.45, 2.75) is 64.5 Å². The lowest BCUT2D eigenvalue weighted by atomic mass is 10.0. The molecule has 32 heavy (non-hydrogen) atoms. The van der Waals surface area contributed by atoms with Crippen molar-refractivity contribution >= 4 is 17.5 Å². The van der Waals surface area contributed by atoms with E-state index in [1.165, 1.54) is 5.56 Å². The SMILES string of the molecule is Cc1ccc(CN(C(=O)C2CCCC2)c2cccc(CC(=O)NCC3CCCO3)c2)cc1. The summed E-state index contributed by atoms with van der Waals surface area (Å²) in [6, 6.07) is 16.2. The van der Waals surface area contributed by atoms with Crippen molar-refractivity contribution in [3.8, 4) is 0 Å². The van der Waals surface area contributed by atoms with Crippen molar-refractivity contribution in [2.24, 2.45) is 5.92 Å². The molecule has 1 aliphatic carbocycles. The van der Waals surface area contributed by atoms with E-state index < -0.39 is 0 Å². The molecule has 0 bridgehead atoms. The van der Waals surface area contributed by atoms with Gasteiger partial charge in [0.1, 0.15) is 0 Å². The normalized spacial score (nSPS) is 18.6. The Bertz CT molecular complexity index is 913. The number of hydrogen-bond donors (Lipinski definition) is 1. The lowest BCUT2D eigenvalue weighted by Crippen LogP contribution is -2.35. The molecule has 0 radical (unpaired) electrons. The van der Waals surface area contributed by atoms with Crippen LogP contribution in [-0.4, -0.2) is 31.1 Å². The summed E-state index contributed by atoms with van der Waals surface area (Å²) < 4.78 is 5.58. The Hall–Kier alpha value is -2.66. The van der Waals surface area contributed by atoms with E-state index in [9.17, 15) is 9.59 Å². The maximum atomic E-state index is 13.4. The predicted molar refractivity (Wildman–Crippen MR) is 126 cm³/mol. The van der Waals surface area contributed by atoms with Gasteiger partial charge < -0.3 is 15.0 Å². The van der Waals surface area contributed by atoms with Crippen LogP contribution in [0.2, 0.25) is 0 Å². The average Bonchev–Trinajstić information content (AvgIpc) is 3.51. The summed E-state index contributed by atoms with van der Waals surface area (Å²) in [4.78, 5) is 27.8. The molecule has 2 amide bonds. The number of anilines is 1. The van der Waals surface area contributed by atoms with E-state index in [0.717, 1.165) is 61.9 Å². The minimum absolute atomic E-state index is 0.00939. The van der Waals surface area contributed by atoms with Crippen molar-refractivity contribution in [3.63, 3.8) is 0 Å². The largest absolute Gasteiger partial charge is 0.376 e. The molecule has 1 saturated heterocycles. The molecule has 2 fully saturated rings. The number of aryl methyl sites for hydroxylation is 1. The van der Waals surface area contributed by atoms with Crippen molar-refractivity contribution in [3.05, 3.63) is 65.2 Å². The summed E-state index contributed by atoms with van der Waals surface area (Å²) in [5.74, 6) is 0.284. The van der Waals surface area contributed by atoms with E-state index in [1.807, 2.05) is 29.2 Å². The van der Waals surface area contributed by atoms with Crippen LogP contribution in [0.15, 0.2) is 48.5 Å². The monoisotopic (exact) mass is 434 g/mol. The molecule has 1 atom stereocenters. The molecular weight excluding hydrogens is 400 g/mol. The second-order valence-corrected chi connectivity index (χ2v) is 9.18. The predicted octanol–water partition coefficient (Wildman–Crippen LogP) is 4.56. The zero-order valence-corrected chi connectivity index (χ0v) is 19.0. The van der Waals surface area contributed by atoms with Gasteiger partial charge in [-0.25, -0.2) is 0 Å². The van der Waals surface area contributed by atoms with Crippen LogP contribution in [0, 0.1) is 12.8 Å². The first kappa shape index (κ1) is 22.5. The van der Waals surface area contributed by atoms with Crippen LogP contribution in [0.25, 0.3) is 0 Å². The fourth-order valence-electron chi connectivity index (χ4n) is 4.68. The van der Waals surface area contributed by atoms with Gasteiger partial charge in [0.15, 0.2) is 0 Å². The highest BCUT2D eigenvalue weighted by Gasteiger charge is 2.28. The Labute approximate surface area is 191 Å². The molecule has 4 rings (SSSR count). The Balaban J connectivity index is 1.47. The number of benzene rings is 2. The minimum atomic E-state index is -0.00939. The highest BCUT2D eigenvalue weighted by atomic mass is 16.5. The van der Waals surface area contributed by atoms with E-state index in [4.69, 9.17) is 4.74 Å². The first-order chi connectivity index (χ1) is 15.6. The molecule has 1 unspecified atom stereocenters. The Kier molecular flexibility index (Phi) is 7.59. The number of ether oxygens (including phenoxy) is 1.